The van der Waals surface area contributed by atoms with Crippen molar-refractivity contribution < 1.29 is 24.5 Å². The molecule has 0 amide bonds. The fraction of sp³-hybridized carbons (Fsp3) is 0.471. The van der Waals surface area contributed by atoms with E-state index in [0.717, 1.165) is 12.8 Å². The number of carbonyl (C=O) groups is 1. The molecule has 154 valence electrons. The van der Waals surface area contributed by atoms with Crippen molar-refractivity contribution in [3.63, 3.8) is 0 Å². The monoisotopic (exact) mass is 403 g/mol. The Morgan fingerprint density at radius 2 is 2.24 bits per heavy atom. The molecule has 2 aromatic heterocycles. The number of aliphatic hydroxyl groups is 2. The molecule has 0 saturated carbocycles. The van der Waals surface area contributed by atoms with Gasteiger partial charge in [-0.1, -0.05) is 0 Å². The minimum Gasteiger partial charge on any atom is -0.493 e. The van der Waals surface area contributed by atoms with Crippen LogP contribution in [0, 0.1) is 0 Å². The van der Waals surface area contributed by atoms with Crippen LogP contribution in [0.2, 0.25) is 0 Å². The van der Waals surface area contributed by atoms with Crippen molar-refractivity contribution in [2.75, 3.05) is 11.2 Å². The summed E-state index contributed by atoms with van der Waals surface area (Å²) in [5.41, 5.74) is 9.20. The van der Waals surface area contributed by atoms with Gasteiger partial charge in [0.05, 0.1) is 18.8 Å². The van der Waals surface area contributed by atoms with Crippen LogP contribution in [-0.2, 0) is 14.3 Å². The third kappa shape index (κ3) is 3.64. The smallest absolute Gasteiger partial charge is 0.247 e. The second kappa shape index (κ2) is 7.73. The maximum Gasteiger partial charge on any atom is 0.247 e. The van der Waals surface area contributed by atoms with Gasteiger partial charge in [-0.25, -0.2) is 10.4 Å². The minimum absolute atomic E-state index is 0.0967. The number of aliphatic hydroxyl groups excluding tert-OH is 2. The number of nitrogen functional groups attached to an aromatic ring is 1. The number of allylic oxidation sites excluding steroid dienone is 1. The molecule has 2 aliphatic heterocycles. The van der Waals surface area contributed by atoms with Crippen LogP contribution in [0.15, 0.2) is 23.8 Å². The quantitative estimate of drug-likeness (QED) is 0.384. The highest BCUT2D eigenvalue weighted by molar-refractivity contribution is 5.83. The molecule has 0 bridgehead atoms. The number of anilines is 2. The molecule has 0 aromatic carbocycles. The lowest BCUT2D eigenvalue weighted by atomic mass is 10.1. The SMILES string of the molecule is CC(=O)[C@H]1O[C@@H](n2cnc3c(N)nc(N/N=C/[C@H]4CCC=CO4)nc32)[C@H](O)[C@@H]1O. The zero-order valence-corrected chi connectivity index (χ0v) is 15.5. The molecule has 1 saturated heterocycles. The van der Waals surface area contributed by atoms with Crippen molar-refractivity contribution >= 4 is 34.9 Å². The van der Waals surface area contributed by atoms with Crippen LogP contribution in [-0.4, -0.2) is 66.1 Å². The Hall–Kier alpha value is -3.09. The largest absolute Gasteiger partial charge is 0.493 e. The van der Waals surface area contributed by atoms with Gasteiger partial charge in [0.15, 0.2) is 23.5 Å². The summed E-state index contributed by atoms with van der Waals surface area (Å²) in [5, 5.41) is 24.5. The zero-order valence-electron chi connectivity index (χ0n) is 15.5. The molecule has 12 heteroatoms. The highest BCUT2D eigenvalue weighted by Gasteiger charge is 2.46. The molecule has 4 heterocycles. The van der Waals surface area contributed by atoms with Crippen molar-refractivity contribution in [1.82, 2.24) is 19.5 Å². The predicted molar refractivity (Wildman–Crippen MR) is 102 cm³/mol. The molecule has 0 aliphatic carbocycles. The van der Waals surface area contributed by atoms with Crippen molar-refractivity contribution in [2.24, 2.45) is 5.10 Å². The second-order valence-electron chi connectivity index (χ2n) is 6.81. The van der Waals surface area contributed by atoms with Gasteiger partial charge in [0.2, 0.25) is 5.95 Å². The van der Waals surface area contributed by atoms with Gasteiger partial charge in [-0.3, -0.25) is 9.36 Å². The minimum atomic E-state index is -1.36. The molecule has 2 aromatic rings. The Morgan fingerprint density at radius 3 is 2.93 bits per heavy atom. The second-order valence-corrected chi connectivity index (χ2v) is 6.81. The first kappa shape index (κ1) is 19.2. The van der Waals surface area contributed by atoms with E-state index >= 15 is 0 Å². The lowest BCUT2D eigenvalue weighted by Gasteiger charge is -2.16. The fourth-order valence-electron chi connectivity index (χ4n) is 3.24. The van der Waals surface area contributed by atoms with Crippen LogP contribution in [0.25, 0.3) is 11.2 Å². The highest BCUT2D eigenvalue weighted by atomic mass is 16.6. The summed E-state index contributed by atoms with van der Waals surface area (Å²) in [4.78, 5) is 24.2. The van der Waals surface area contributed by atoms with Gasteiger partial charge < -0.3 is 25.4 Å². The number of rotatable bonds is 5. The molecule has 1 fully saturated rings. The van der Waals surface area contributed by atoms with Crippen molar-refractivity contribution in [2.45, 2.75) is 50.4 Å². The third-order valence-corrected chi connectivity index (χ3v) is 4.73. The van der Waals surface area contributed by atoms with Crippen LogP contribution in [0.4, 0.5) is 11.8 Å². The molecular weight excluding hydrogens is 382 g/mol. The van der Waals surface area contributed by atoms with Crippen LogP contribution in [0.5, 0.6) is 0 Å². The number of nitrogens with one attached hydrogen (secondary N) is 1. The van der Waals surface area contributed by atoms with E-state index in [9.17, 15) is 15.0 Å². The van der Waals surface area contributed by atoms with E-state index in [1.807, 2.05) is 6.08 Å². The van der Waals surface area contributed by atoms with Crippen LogP contribution >= 0.6 is 0 Å². The summed E-state index contributed by atoms with van der Waals surface area (Å²) in [6, 6.07) is 0. The number of aromatic nitrogens is 4. The summed E-state index contributed by atoms with van der Waals surface area (Å²) in [6.07, 6.45) is 3.19. The summed E-state index contributed by atoms with van der Waals surface area (Å²) in [7, 11) is 0. The topological polar surface area (TPSA) is 170 Å². The zero-order chi connectivity index (χ0) is 20.5. The number of Topliss-reactive ketones (excluding diaryl/α,β-unsaturated/α-hetero) is 1. The highest BCUT2D eigenvalue weighted by Crippen LogP contribution is 2.32. The Labute approximate surface area is 165 Å². The predicted octanol–water partition coefficient (Wildman–Crippen LogP) is -0.293. The van der Waals surface area contributed by atoms with Crippen molar-refractivity contribution in [3.05, 3.63) is 18.7 Å². The fourth-order valence-corrected chi connectivity index (χ4v) is 3.24. The lowest BCUT2D eigenvalue weighted by Crippen LogP contribution is -2.34. The van der Waals surface area contributed by atoms with Gasteiger partial charge in [0, 0.05) is 0 Å². The maximum atomic E-state index is 11.6. The van der Waals surface area contributed by atoms with E-state index in [2.05, 4.69) is 25.5 Å². The van der Waals surface area contributed by atoms with E-state index < -0.39 is 30.3 Å². The first-order valence-electron chi connectivity index (χ1n) is 9.07. The lowest BCUT2D eigenvalue weighted by molar-refractivity contribution is -0.133. The first-order valence-corrected chi connectivity index (χ1v) is 9.07. The van der Waals surface area contributed by atoms with Crippen LogP contribution in [0.1, 0.15) is 26.0 Å². The van der Waals surface area contributed by atoms with Gasteiger partial charge in [-0.2, -0.15) is 15.1 Å². The number of fused-ring (bicyclic) bond motifs is 1. The molecule has 5 atom stereocenters. The standard InChI is InChI=1S/C17H21N7O5/c1-8(25)13-11(26)12(27)16(29-13)24-7-19-10-14(18)21-17(22-15(10)24)23-20-6-9-4-2-3-5-28-9/h3,5-7,9,11-13,16,26-27H,2,4H2,1H3,(H3,18,21,22,23)/b20-6+/t9-,11+,12-,13-,16-/m1/s1. The third-order valence-electron chi connectivity index (χ3n) is 4.73. The van der Waals surface area contributed by atoms with Gasteiger partial charge in [0.25, 0.3) is 0 Å². The van der Waals surface area contributed by atoms with Gasteiger partial charge in [-0.15, -0.1) is 0 Å². The van der Waals surface area contributed by atoms with Crippen LogP contribution in [0.3, 0.4) is 0 Å². The Morgan fingerprint density at radius 1 is 1.41 bits per heavy atom. The number of hydrazone groups is 1. The number of nitrogens with zero attached hydrogens (tertiary/aromatic N) is 5. The van der Waals surface area contributed by atoms with E-state index in [1.165, 1.54) is 17.8 Å². The molecular formula is C17H21N7O5. The summed E-state index contributed by atoms with van der Waals surface area (Å²) < 4.78 is 12.3. The van der Waals surface area contributed by atoms with Gasteiger partial charge >= 0.3 is 0 Å². The van der Waals surface area contributed by atoms with E-state index in [0.29, 0.717) is 0 Å². The normalized spacial score (nSPS) is 29.4. The van der Waals surface area contributed by atoms with E-state index in [1.54, 1.807) is 12.5 Å². The van der Waals surface area contributed by atoms with E-state index in [4.69, 9.17) is 15.2 Å². The average molecular weight is 403 g/mol. The number of ketones is 1. The summed E-state index contributed by atoms with van der Waals surface area (Å²) in [5.74, 6) is -0.191. The molecule has 2 aliphatic rings. The maximum absolute atomic E-state index is 11.6. The molecule has 4 rings (SSSR count). The number of hydrogen-bond donors (Lipinski definition) is 4. The van der Waals surface area contributed by atoms with Gasteiger partial charge in [0.1, 0.15) is 29.9 Å². The number of carbonyl (C=O) groups excluding carboxylic acids is 1. The molecule has 0 radical (unpaired) electrons. The average Bonchev–Trinajstić information content (AvgIpc) is 3.25. The number of hydrogen-bond acceptors (Lipinski definition) is 11. The summed E-state index contributed by atoms with van der Waals surface area (Å²) >= 11 is 0. The van der Waals surface area contributed by atoms with Gasteiger partial charge in [-0.05, 0) is 25.8 Å². The molecule has 0 spiro atoms. The van der Waals surface area contributed by atoms with Crippen LogP contribution < -0.4 is 11.2 Å². The number of nitrogens with two attached hydrogens (primary N) is 1. The molecule has 29 heavy (non-hydrogen) atoms. The van der Waals surface area contributed by atoms with Crippen molar-refractivity contribution in [3.8, 4) is 0 Å². The number of imidazole rings is 1. The Kier molecular flexibility index (Phi) is 5.13. The first-order chi connectivity index (χ1) is 14.0. The number of ether oxygens (including phenoxy) is 2. The van der Waals surface area contributed by atoms with Crippen molar-refractivity contribution in [1.29, 1.82) is 0 Å². The molecule has 0 unspecified atom stereocenters. The molecule has 12 nitrogen and oxygen atoms in total. The summed E-state index contributed by atoms with van der Waals surface area (Å²) in [6.45, 7) is 1.28. The molecule has 5 N–H and O–H groups in total. The Bertz CT molecular complexity index is 974. The van der Waals surface area contributed by atoms with E-state index in [-0.39, 0.29) is 29.0 Å². The Balaban J connectivity index is 1.59.